The van der Waals surface area contributed by atoms with Gasteiger partial charge in [0.25, 0.3) is 0 Å². The van der Waals surface area contributed by atoms with E-state index in [2.05, 4.69) is 6.07 Å². The third-order valence-corrected chi connectivity index (χ3v) is 3.49. The third-order valence-electron chi connectivity index (χ3n) is 3.49. The maximum absolute atomic E-state index is 8.75. The van der Waals surface area contributed by atoms with Crippen LogP contribution in [0, 0.1) is 29.1 Å². The zero-order chi connectivity index (χ0) is 7.16. The first-order chi connectivity index (χ1) is 5.42. The van der Waals surface area contributed by atoms with Crippen molar-refractivity contribution in [2.45, 2.75) is 24.4 Å². The molecule has 0 radical (unpaired) electrons. The van der Waals surface area contributed by atoms with Gasteiger partial charge in [-0.2, -0.15) is 5.26 Å². The minimum atomic E-state index is 0.252. The van der Waals surface area contributed by atoms with Crippen LogP contribution in [0.15, 0.2) is 0 Å². The number of rotatable bonds is 0. The van der Waals surface area contributed by atoms with Gasteiger partial charge in [-0.3, -0.25) is 0 Å². The second kappa shape index (κ2) is 1.21. The summed E-state index contributed by atoms with van der Waals surface area (Å²) in [6, 6.07) is 2.34. The van der Waals surface area contributed by atoms with Crippen molar-refractivity contribution < 1.29 is 9.47 Å². The van der Waals surface area contributed by atoms with E-state index in [1.165, 1.54) is 0 Å². The lowest BCUT2D eigenvalue weighted by atomic mass is 10.0. The van der Waals surface area contributed by atoms with Gasteiger partial charge >= 0.3 is 0 Å². The van der Waals surface area contributed by atoms with Crippen LogP contribution in [0.25, 0.3) is 0 Å². The van der Waals surface area contributed by atoms with Crippen LogP contribution in [-0.2, 0) is 9.47 Å². The maximum Gasteiger partial charge on any atom is 0.113 e. The Kier molecular flexibility index (Phi) is 0.566. The summed E-state index contributed by atoms with van der Waals surface area (Å²) >= 11 is 0. The van der Waals surface area contributed by atoms with E-state index >= 15 is 0 Å². The van der Waals surface area contributed by atoms with Gasteiger partial charge in [0.05, 0.1) is 24.2 Å². The lowest BCUT2D eigenvalue weighted by Crippen LogP contribution is -2.14. The van der Waals surface area contributed by atoms with E-state index in [1.54, 1.807) is 0 Å². The highest BCUT2D eigenvalue weighted by atomic mass is 16.7. The van der Waals surface area contributed by atoms with E-state index in [0.29, 0.717) is 36.3 Å². The highest BCUT2D eigenvalue weighted by molar-refractivity contribution is 5.28. The molecule has 4 fully saturated rings. The van der Waals surface area contributed by atoms with Gasteiger partial charge in [0.15, 0.2) is 0 Å². The molecule has 11 heavy (non-hydrogen) atoms. The van der Waals surface area contributed by atoms with Gasteiger partial charge in [-0.25, -0.2) is 0 Å². The summed E-state index contributed by atoms with van der Waals surface area (Å²) in [5.74, 6) is 1.32. The fourth-order valence-corrected chi connectivity index (χ4v) is 2.80. The van der Waals surface area contributed by atoms with Crippen molar-refractivity contribution in [3.05, 3.63) is 0 Å². The van der Waals surface area contributed by atoms with E-state index in [9.17, 15) is 0 Å². The molecule has 2 saturated heterocycles. The van der Waals surface area contributed by atoms with Gasteiger partial charge in [0.1, 0.15) is 12.2 Å². The van der Waals surface area contributed by atoms with Crippen molar-refractivity contribution in [1.29, 1.82) is 5.26 Å². The summed E-state index contributed by atoms with van der Waals surface area (Å²) in [4.78, 5) is 0. The van der Waals surface area contributed by atoms with E-state index in [-0.39, 0.29) is 5.92 Å². The van der Waals surface area contributed by atoms with E-state index in [4.69, 9.17) is 14.7 Å². The summed E-state index contributed by atoms with van der Waals surface area (Å²) in [6.07, 6.45) is 1.54. The Labute approximate surface area is 63.9 Å². The van der Waals surface area contributed by atoms with E-state index < -0.39 is 0 Å². The fraction of sp³-hybridized carbons (Fsp3) is 0.875. The van der Waals surface area contributed by atoms with Crippen LogP contribution in [0.1, 0.15) is 0 Å². The SMILES string of the molecule is N#CC1[C@H]2[C@@H]3O[C@@H]3[C@H]3O[C@@H]3[C@H]12. The molecule has 0 aromatic carbocycles. The molecule has 56 valence electrons. The minimum absolute atomic E-state index is 0.252. The van der Waals surface area contributed by atoms with Crippen LogP contribution in [0.3, 0.4) is 0 Å². The first-order valence-electron chi connectivity index (χ1n) is 4.12. The number of hydrogen-bond acceptors (Lipinski definition) is 3. The normalized spacial score (nSPS) is 73.5. The number of hydrogen-bond donors (Lipinski definition) is 0. The van der Waals surface area contributed by atoms with Gasteiger partial charge in [0, 0.05) is 11.8 Å². The molecule has 2 heterocycles. The average Bonchev–Trinajstić information content (AvgIpc) is 2.86. The molecule has 1 unspecified atom stereocenters. The summed E-state index contributed by atoms with van der Waals surface area (Å²) < 4.78 is 10.9. The molecule has 3 nitrogen and oxygen atoms in total. The lowest BCUT2D eigenvalue weighted by Gasteiger charge is -1.93. The molecule has 0 aromatic heterocycles. The Balaban J connectivity index is 1.75. The van der Waals surface area contributed by atoms with Crippen molar-refractivity contribution >= 4 is 0 Å². The number of nitrogens with zero attached hydrogens (tertiary/aromatic N) is 1. The molecule has 0 N–H and O–H groups in total. The van der Waals surface area contributed by atoms with Gasteiger partial charge in [-0.05, 0) is 0 Å². The zero-order valence-corrected chi connectivity index (χ0v) is 5.81. The monoisotopic (exact) mass is 149 g/mol. The van der Waals surface area contributed by atoms with Gasteiger partial charge < -0.3 is 9.47 Å². The average molecular weight is 149 g/mol. The summed E-state index contributed by atoms with van der Waals surface area (Å²) in [5.41, 5.74) is 0. The van der Waals surface area contributed by atoms with Gasteiger partial charge in [-0.15, -0.1) is 0 Å². The molecular formula is C8H7NO2. The molecule has 2 saturated carbocycles. The second-order valence-corrected chi connectivity index (χ2v) is 3.94. The summed E-state index contributed by atoms with van der Waals surface area (Å²) in [5, 5.41) is 8.75. The molecule has 4 rings (SSSR count). The Hall–Kier alpha value is -0.590. The second-order valence-electron chi connectivity index (χ2n) is 3.94. The van der Waals surface area contributed by atoms with Crippen LogP contribution in [-0.4, -0.2) is 24.4 Å². The lowest BCUT2D eigenvalue weighted by molar-refractivity contribution is 0.286. The van der Waals surface area contributed by atoms with Crippen molar-refractivity contribution in [2.75, 3.05) is 0 Å². The Morgan fingerprint density at radius 1 is 0.909 bits per heavy atom. The van der Waals surface area contributed by atoms with Crippen molar-refractivity contribution in [3.8, 4) is 6.07 Å². The molecule has 0 bridgehead atoms. The topological polar surface area (TPSA) is 48.9 Å². The predicted octanol–water partition coefficient (Wildman–Crippen LogP) is -0.0794. The van der Waals surface area contributed by atoms with Crippen LogP contribution in [0.2, 0.25) is 0 Å². The van der Waals surface area contributed by atoms with Crippen LogP contribution in [0.5, 0.6) is 0 Å². The Morgan fingerprint density at radius 3 is 1.91 bits per heavy atom. The molecule has 7 atom stereocenters. The van der Waals surface area contributed by atoms with Crippen molar-refractivity contribution in [3.63, 3.8) is 0 Å². The summed E-state index contributed by atoms with van der Waals surface area (Å²) in [6.45, 7) is 0. The first-order valence-corrected chi connectivity index (χ1v) is 4.12. The molecular weight excluding hydrogens is 142 g/mol. The van der Waals surface area contributed by atoms with E-state index in [0.717, 1.165) is 0 Å². The van der Waals surface area contributed by atoms with Gasteiger partial charge in [0.2, 0.25) is 0 Å². The van der Waals surface area contributed by atoms with Gasteiger partial charge in [-0.1, -0.05) is 0 Å². The minimum Gasteiger partial charge on any atom is -0.366 e. The molecule has 3 heteroatoms. The largest absolute Gasteiger partial charge is 0.366 e. The molecule has 0 spiro atoms. The zero-order valence-electron chi connectivity index (χ0n) is 5.81. The number of ether oxygens (including phenoxy) is 2. The van der Waals surface area contributed by atoms with E-state index in [1.807, 2.05) is 0 Å². The predicted molar refractivity (Wildman–Crippen MR) is 33.4 cm³/mol. The standard InChI is InChI=1S/C8H7NO2/c9-1-2-3-4(2)6-8(11-6)7-5(3)10-7/h2-8H/t2?,3-,4-,5-,6+,7+,8+/m1/s1. The number of nitriles is 1. The Morgan fingerprint density at radius 2 is 1.45 bits per heavy atom. The Bertz CT molecular complexity index is 262. The molecule has 2 aliphatic heterocycles. The van der Waals surface area contributed by atoms with Crippen LogP contribution >= 0.6 is 0 Å². The van der Waals surface area contributed by atoms with Crippen LogP contribution < -0.4 is 0 Å². The number of fused-ring (bicyclic) bond motifs is 6. The van der Waals surface area contributed by atoms with Crippen molar-refractivity contribution in [2.24, 2.45) is 17.8 Å². The highest BCUT2D eigenvalue weighted by Gasteiger charge is 2.79. The maximum atomic E-state index is 8.75. The summed E-state index contributed by atoms with van der Waals surface area (Å²) in [7, 11) is 0. The third kappa shape index (κ3) is 0.412. The van der Waals surface area contributed by atoms with Crippen molar-refractivity contribution in [1.82, 2.24) is 0 Å². The molecule has 0 amide bonds. The molecule has 0 aromatic rings. The molecule has 2 aliphatic carbocycles. The highest BCUT2D eigenvalue weighted by Crippen LogP contribution is 2.67. The van der Waals surface area contributed by atoms with Crippen LogP contribution in [0.4, 0.5) is 0 Å². The fourth-order valence-electron chi connectivity index (χ4n) is 2.80. The smallest absolute Gasteiger partial charge is 0.113 e. The quantitative estimate of drug-likeness (QED) is 0.452. The molecule has 4 aliphatic rings. The first kappa shape index (κ1) is 5.13. The number of epoxide rings is 2.